The summed E-state index contributed by atoms with van der Waals surface area (Å²) in [5, 5.41) is 3.85. The molecular weight excluding hydrogens is 546 g/mol. The van der Waals surface area contributed by atoms with E-state index >= 15 is 0 Å². The minimum atomic E-state index is -0.718. The normalized spacial score (nSPS) is 11.0. The Morgan fingerprint density at radius 1 is 1.05 bits per heavy atom. The predicted molar refractivity (Wildman–Crippen MR) is 159 cm³/mol. The van der Waals surface area contributed by atoms with Crippen LogP contribution < -0.4 is 15.6 Å². The minimum absolute atomic E-state index is 0.106. The summed E-state index contributed by atoms with van der Waals surface area (Å²) >= 11 is 5.94. The number of aryl methyl sites for hydroxylation is 1. The standard InChI is InChI=1S/C31H32ClN3O6/c1-4-15-35-28-25(13-7-14-33-28)26(27(29(35)36)34-31(38)41-20(2)3)21-9-6-12-24(19-21)39-16-8-17-40-30(37)22-10-5-11-23(32)18-22/h5-7,9-14,18-20H,4,8,15-17H2,1-3H3,(H,34,38). The highest BCUT2D eigenvalue weighted by Crippen LogP contribution is 2.34. The molecule has 0 aliphatic carbocycles. The van der Waals surface area contributed by atoms with Gasteiger partial charge in [-0.2, -0.15) is 0 Å². The average Bonchev–Trinajstić information content (AvgIpc) is 2.95. The number of hydrogen-bond acceptors (Lipinski definition) is 7. The molecule has 0 unspecified atom stereocenters. The van der Waals surface area contributed by atoms with Crippen molar-refractivity contribution in [3.05, 3.63) is 87.8 Å². The molecule has 4 aromatic rings. The summed E-state index contributed by atoms with van der Waals surface area (Å²) in [5.74, 6) is 0.0953. The summed E-state index contributed by atoms with van der Waals surface area (Å²) in [6, 6.07) is 17.4. The smallest absolute Gasteiger partial charge is 0.412 e. The number of esters is 1. The Balaban J connectivity index is 1.57. The molecule has 10 heteroatoms. The lowest BCUT2D eigenvalue weighted by molar-refractivity contribution is 0.0486. The Morgan fingerprint density at radius 3 is 2.61 bits per heavy atom. The molecular formula is C31H32ClN3O6. The fourth-order valence-corrected chi connectivity index (χ4v) is 4.52. The second kappa shape index (κ2) is 13.8. The molecule has 9 nitrogen and oxygen atoms in total. The van der Waals surface area contributed by atoms with Crippen molar-refractivity contribution in [3.8, 4) is 16.9 Å². The van der Waals surface area contributed by atoms with Crippen LogP contribution in [0.15, 0.2) is 71.7 Å². The average molecular weight is 578 g/mol. The number of nitrogens with zero attached hydrogens (tertiary/aromatic N) is 2. The van der Waals surface area contributed by atoms with E-state index in [1.54, 1.807) is 73.1 Å². The van der Waals surface area contributed by atoms with Crippen LogP contribution in [0.25, 0.3) is 22.2 Å². The number of fused-ring (bicyclic) bond motifs is 1. The van der Waals surface area contributed by atoms with Crippen molar-refractivity contribution in [3.63, 3.8) is 0 Å². The van der Waals surface area contributed by atoms with Crippen LogP contribution in [0.5, 0.6) is 5.75 Å². The van der Waals surface area contributed by atoms with E-state index in [9.17, 15) is 14.4 Å². The lowest BCUT2D eigenvalue weighted by Gasteiger charge is -2.18. The molecule has 2 aromatic carbocycles. The molecule has 1 amide bonds. The Bertz CT molecular complexity index is 1600. The van der Waals surface area contributed by atoms with E-state index in [4.69, 9.17) is 25.8 Å². The van der Waals surface area contributed by atoms with Crippen molar-refractivity contribution in [2.24, 2.45) is 0 Å². The molecule has 0 aliphatic heterocycles. The highest BCUT2D eigenvalue weighted by molar-refractivity contribution is 6.30. The van der Waals surface area contributed by atoms with Crippen LogP contribution in [-0.2, 0) is 16.0 Å². The molecule has 41 heavy (non-hydrogen) atoms. The maximum absolute atomic E-state index is 13.7. The quantitative estimate of drug-likeness (QED) is 0.156. The van der Waals surface area contributed by atoms with Crippen molar-refractivity contribution in [2.75, 3.05) is 18.5 Å². The third kappa shape index (κ3) is 7.43. The second-order valence-corrected chi connectivity index (χ2v) is 9.97. The van der Waals surface area contributed by atoms with Gasteiger partial charge in [-0.15, -0.1) is 0 Å². The lowest BCUT2D eigenvalue weighted by Crippen LogP contribution is -2.29. The van der Waals surface area contributed by atoms with Gasteiger partial charge in [-0.25, -0.2) is 14.6 Å². The van der Waals surface area contributed by atoms with Gasteiger partial charge in [0.15, 0.2) is 0 Å². The zero-order valence-corrected chi connectivity index (χ0v) is 23.9. The third-order valence-electron chi connectivity index (χ3n) is 6.01. The van der Waals surface area contributed by atoms with Crippen LogP contribution in [0, 0.1) is 0 Å². The number of anilines is 1. The number of rotatable bonds is 11. The van der Waals surface area contributed by atoms with Gasteiger partial charge >= 0.3 is 12.1 Å². The van der Waals surface area contributed by atoms with Crippen molar-refractivity contribution in [1.82, 2.24) is 9.55 Å². The van der Waals surface area contributed by atoms with Crippen LogP contribution in [0.4, 0.5) is 10.5 Å². The minimum Gasteiger partial charge on any atom is -0.493 e. The topological polar surface area (TPSA) is 109 Å². The number of ether oxygens (including phenoxy) is 3. The van der Waals surface area contributed by atoms with E-state index in [0.29, 0.717) is 64.5 Å². The monoisotopic (exact) mass is 577 g/mol. The molecule has 4 rings (SSSR count). The van der Waals surface area contributed by atoms with E-state index in [1.807, 2.05) is 19.1 Å². The summed E-state index contributed by atoms with van der Waals surface area (Å²) in [5.41, 5.74) is 1.82. The summed E-state index contributed by atoms with van der Waals surface area (Å²) < 4.78 is 18.1. The maximum atomic E-state index is 13.7. The first-order valence-corrected chi connectivity index (χ1v) is 13.8. The molecule has 2 aromatic heterocycles. The van der Waals surface area contributed by atoms with E-state index in [-0.39, 0.29) is 24.0 Å². The van der Waals surface area contributed by atoms with E-state index in [2.05, 4.69) is 10.3 Å². The van der Waals surface area contributed by atoms with E-state index < -0.39 is 12.1 Å². The number of carbonyl (C=O) groups excluding carboxylic acids is 2. The van der Waals surface area contributed by atoms with Gasteiger partial charge in [0, 0.05) is 35.1 Å². The highest BCUT2D eigenvalue weighted by atomic mass is 35.5. The van der Waals surface area contributed by atoms with Crippen LogP contribution >= 0.6 is 11.6 Å². The Kier molecular flexibility index (Phi) is 9.97. The van der Waals surface area contributed by atoms with Gasteiger partial charge in [-0.1, -0.05) is 36.7 Å². The molecule has 0 radical (unpaired) electrons. The Labute approximate surface area is 243 Å². The molecule has 0 fully saturated rings. The lowest BCUT2D eigenvalue weighted by atomic mass is 10.00. The zero-order valence-electron chi connectivity index (χ0n) is 23.2. The molecule has 0 bridgehead atoms. The fourth-order valence-electron chi connectivity index (χ4n) is 4.33. The number of aromatic nitrogens is 2. The molecule has 0 spiro atoms. The first-order valence-electron chi connectivity index (χ1n) is 13.4. The summed E-state index contributed by atoms with van der Waals surface area (Å²) in [7, 11) is 0. The molecule has 0 atom stereocenters. The highest BCUT2D eigenvalue weighted by Gasteiger charge is 2.22. The van der Waals surface area contributed by atoms with Crippen LogP contribution in [0.1, 0.15) is 44.0 Å². The number of halogens is 1. The van der Waals surface area contributed by atoms with Gasteiger partial charge in [0.05, 0.1) is 24.9 Å². The Morgan fingerprint density at radius 2 is 1.85 bits per heavy atom. The van der Waals surface area contributed by atoms with Gasteiger partial charge in [-0.05, 0) is 68.3 Å². The van der Waals surface area contributed by atoms with Crippen LogP contribution in [-0.4, -0.2) is 40.9 Å². The molecule has 214 valence electrons. The first kappa shape index (κ1) is 29.6. The summed E-state index contributed by atoms with van der Waals surface area (Å²) in [4.78, 5) is 43.0. The Hall–Kier alpha value is -4.37. The van der Waals surface area contributed by atoms with Crippen molar-refractivity contribution in [1.29, 1.82) is 0 Å². The van der Waals surface area contributed by atoms with Crippen LogP contribution in [0.2, 0.25) is 5.02 Å². The van der Waals surface area contributed by atoms with Crippen molar-refractivity contribution in [2.45, 2.75) is 46.3 Å². The maximum Gasteiger partial charge on any atom is 0.412 e. The van der Waals surface area contributed by atoms with Gasteiger partial charge in [0.25, 0.3) is 5.56 Å². The number of pyridine rings is 2. The van der Waals surface area contributed by atoms with E-state index in [1.165, 1.54) is 0 Å². The summed E-state index contributed by atoms with van der Waals surface area (Å²) in [6.07, 6.45) is 1.73. The first-order chi connectivity index (χ1) is 19.8. The predicted octanol–water partition coefficient (Wildman–Crippen LogP) is 6.71. The number of carbonyl (C=O) groups is 2. The van der Waals surface area contributed by atoms with Gasteiger partial charge < -0.3 is 14.2 Å². The number of hydrogen-bond donors (Lipinski definition) is 1. The van der Waals surface area contributed by atoms with Crippen molar-refractivity contribution < 1.29 is 23.8 Å². The van der Waals surface area contributed by atoms with Gasteiger partial charge in [0.1, 0.15) is 17.1 Å². The number of benzene rings is 2. The largest absolute Gasteiger partial charge is 0.493 e. The van der Waals surface area contributed by atoms with Gasteiger partial charge in [-0.3, -0.25) is 14.7 Å². The second-order valence-electron chi connectivity index (χ2n) is 9.54. The van der Waals surface area contributed by atoms with Gasteiger partial charge in [0.2, 0.25) is 0 Å². The molecule has 1 N–H and O–H groups in total. The fraction of sp³-hybridized carbons (Fsp3) is 0.290. The number of nitrogens with one attached hydrogen (secondary N) is 1. The molecule has 2 heterocycles. The molecule has 0 saturated heterocycles. The zero-order chi connectivity index (χ0) is 29.4. The summed E-state index contributed by atoms with van der Waals surface area (Å²) in [6.45, 7) is 6.33. The number of amides is 1. The van der Waals surface area contributed by atoms with E-state index in [0.717, 1.165) is 0 Å². The molecule has 0 saturated carbocycles. The molecule has 0 aliphatic rings. The van der Waals surface area contributed by atoms with Crippen molar-refractivity contribution >= 4 is 40.4 Å². The third-order valence-corrected chi connectivity index (χ3v) is 6.25. The SMILES string of the molecule is CCCn1c(=O)c(NC(=O)OC(C)C)c(-c2cccc(OCCCOC(=O)c3cccc(Cl)c3)c2)c2cccnc21. The van der Waals surface area contributed by atoms with Crippen LogP contribution in [0.3, 0.4) is 0 Å².